The number of aliphatic hydroxyl groups excluding tert-OH is 1. The van der Waals surface area contributed by atoms with E-state index in [-0.39, 0.29) is 29.4 Å². The molecule has 0 aromatic carbocycles. The van der Waals surface area contributed by atoms with Crippen LogP contribution in [0.4, 0.5) is 18.0 Å². The third-order valence-electron chi connectivity index (χ3n) is 7.51. The summed E-state index contributed by atoms with van der Waals surface area (Å²) in [6.07, 6.45) is 1.54. The molecule has 0 aromatic heterocycles. The van der Waals surface area contributed by atoms with Crippen molar-refractivity contribution in [1.82, 2.24) is 9.80 Å². The molecule has 1 amide bonds. The van der Waals surface area contributed by atoms with Crippen LogP contribution in [0, 0.1) is 11.3 Å². The van der Waals surface area contributed by atoms with Gasteiger partial charge in [0.2, 0.25) is 0 Å². The average molecular weight is 544 g/mol. The van der Waals surface area contributed by atoms with E-state index >= 15 is 0 Å². The second kappa shape index (κ2) is 12.1. The number of amides is 1. The summed E-state index contributed by atoms with van der Waals surface area (Å²) in [5.41, 5.74) is -0.496. The van der Waals surface area contributed by atoms with Crippen molar-refractivity contribution < 1.29 is 42.4 Å². The number of hydrogen-bond donors (Lipinski definition) is 3. The quantitative estimate of drug-likeness (QED) is 0.286. The van der Waals surface area contributed by atoms with E-state index in [0.29, 0.717) is 19.3 Å². The number of hydrogen-bond acceptors (Lipinski definition) is 7. The van der Waals surface area contributed by atoms with Gasteiger partial charge in [0.25, 0.3) is 0 Å². The monoisotopic (exact) mass is 543 g/mol. The molecule has 2 aliphatic carbocycles. The molecule has 0 spiro atoms. The van der Waals surface area contributed by atoms with Crippen molar-refractivity contribution in [2.45, 2.75) is 82.7 Å². The third-order valence-corrected chi connectivity index (χ3v) is 7.51. The second-order valence-electron chi connectivity index (χ2n) is 10.2. The van der Waals surface area contributed by atoms with E-state index in [1.54, 1.807) is 7.05 Å². The Morgan fingerprint density at radius 3 is 2.37 bits per heavy atom. The van der Waals surface area contributed by atoms with Crippen molar-refractivity contribution in [2.24, 2.45) is 5.92 Å². The number of halogens is 3. The van der Waals surface area contributed by atoms with Crippen molar-refractivity contribution in [3.8, 4) is 0 Å². The standard InChI is InChI=1S/C26H36F3N3O6/c1-15(30)19(14-37-25(36)31(2)17-8-4-5-9-17)22(33)20-11-12-21(23(32(20)3)26(27,28)29)38-18-10-6-7-16(13-18)24(34)35/h11-12,16-18,23,30,33H,4-10,13-14H2,1-3H3,(H,34,35)/b22-19-,30-15?/t16-,18-,23?/m0/s1. The SMILES string of the molecule is CC(=N)/C(COC(=O)N(C)C1CCCC1)=C(\O)C1=CC=C(O[C@H]2CCC[C@H](C(=O)O)C2)C(C(F)(F)F)N1C. The zero-order valence-corrected chi connectivity index (χ0v) is 21.9. The molecule has 3 aliphatic rings. The van der Waals surface area contributed by atoms with E-state index in [2.05, 4.69) is 0 Å². The molecule has 1 unspecified atom stereocenters. The van der Waals surface area contributed by atoms with E-state index in [0.717, 1.165) is 43.7 Å². The van der Waals surface area contributed by atoms with Crippen LogP contribution in [0.25, 0.3) is 0 Å². The van der Waals surface area contributed by atoms with Crippen molar-refractivity contribution in [3.63, 3.8) is 0 Å². The van der Waals surface area contributed by atoms with Gasteiger partial charge in [0.15, 0.2) is 6.04 Å². The summed E-state index contributed by atoms with van der Waals surface area (Å²) < 4.78 is 53.6. The van der Waals surface area contributed by atoms with Gasteiger partial charge in [-0.25, -0.2) is 4.79 Å². The van der Waals surface area contributed by atoms with Crippen molar-refractivity contribution in [3.05, 3.63) is 34.9 Å². The summed E-state index contributed by atoms with van der Waals surface area (Å²) in [5, 5.41) is 28.3. The Morgan fingerprint density at radius 1 is 1.13 bits per heavy atom. The molecule has 1 aliphatic heterocycles. The van der Waals surface area contributed by atoms with E-state index in [1.165, 1.54) is 17.9 Å². The van der Waals surface area contributed by atoms with Gasteiger partial charge in [0.05, 0.1) is 23.3 Å². The van der Waals surface area contributed by atoms with Gasteiger partial charge in [-0.3, -0.25) is 4.79 Å². The van der Waals surface area contributed by atoms with E-state index in [9.17, 15) is 33.0 Å². The highest BCUT2D eigenvalue weighted by Crippen LogP contribution is 2.38. The first-order chi connectivity index (χ1) is 17.8. The number of carboxylic acids is 1. The van der Waals surface area contributed by atoms with Crippen LogP contribution in [0.5, 0.6) is 0 Å². The highest BCUT2D eigenvalue weighted by atomic mass is 19.4. The van der Waals surface area contributed by atoms with Crippen LogP contribution in [0.2, 0.25) is 0 Å². The number of aliphatic carboxylic acids is 1. The summed E-state index contributed by atoms with van der Waals surface area (Å²) in [7, 11) is 2.76. The number of allylic oxidation sites excluding steroid dienone is 2. The molecule has 0 radical (unpaired) electrons. The minimum absolute atomic E-state index is 0.0443. The van der Waals surface area contributed by atoms with Crippen LogP contribution in [0.3, 0.4) is 0 Å². The van der Waals surface area contributed by atoms with Crippen LogP contribution in [-0.4, -0.2) is 82.9 Å². The molecule has 12 heteroatoms. The lowest BCUT2D eigenvalue weighted by molar-refractivity contribution is -0.179. The molecule has 1 heterocycles. The molecule has 2 fully saturated rings. The van der Waals surface area contributed by atoms with Crippen LogP contribution in [-0.2, 0) is 14.3 Å². The Kier molecular flexibility index (Phi) is 9.37. The Morgan fingerprint density at radius 2 is 1.79 bits per heavy atom. The number of aliphatic hydroxyl groups is 1. The van der Waals surface area contributed by atoms with E-state index in [4.69, 9.17) is 14.9 Å². The average Bonchev–Trinajstić information content (AvgIpc) is 3.37. The van der Waals surface area contributed by atoms with Gasteiger partial charge in [-0.1, -0.05) is 12.8 Å². The molecular formula is C26H36F3N3O6. The highest BCUT2D eigenvalue weighted by molar-refractivity contribution is 5.97. The molecular weight excluding hydrogens is 507 g/mol. The first kappa shape index (κ1) is 29.4. The molecule has 0 saturated heterocycles. The number of rotatable bonds is 8. The normalized spacial score (nSPS) is 25.2. The number of carbonyl (C=O) groups is 2. The minimum Gasteiger partial charge on any atom is -0.505 e. The molecule has 2 saturated carbocycles. The van der Waals surface area contributed by atoms with Crippen LogP contribution in [0.15, 0.2) is 34.9 Å². The lowest BCUT2D eigenvalue weighted by Crippen LogP contribution is -2.47. The smallest absolute Gasteiger partial charge is 0.416 e. The number of nitrogens with zero attached hydrogens (tertiary/aromatic N) is 2. The summed E-state index contributed by atoms with van der Waals surface area (Å²) >= 11 is 0. The Bertz CT molecular complexity index is 1020. The molecule has 0 bridgehead atoms. The maximum Gasteiger partial charge on any atom is 0.416 e. The molecule has 3 rings (SSSR count). The van der Waals surface area contributed by atoms with Gasteiger partial charge in [0.1, 0.15) is 18.1 Å². The Balaban J connectivity index is 1.83. The summed E-state index contributed by atoms with van der Waals surface area (Å²) in [6, 6.07) is -2.19. The number of ether oxygens (including phenoxy) is 2. The summed E-state index contributed by atoms with van der Waals surface area (Å²) in [6.45, 7) is 0.863. The Labute approximate surface area is 220 Å². The number of likely N-dealkylation sites (N-methyl/N-ethyl adjacent to an activating group) is 1. The summed E-state index contributed by atoms with van der Waals surface area (Å²) in [4.78, 5) is 26.1. The predicted molar refractivity (Wildman–Crippen MR) is 133 cm³/mol. The van der Waals surface area contributed by atoms with Gasteiger partial charge >= 0.3 is 18.2 Å². The van der Waals surface area contributed by atoms with Gasteiger partial charge in [-0.15, -0.1) is 0 Å². The zero-order valence-electron chi connectivity index (χ0n) is 21.9. The van der Waals surface area contributed by atoms with Gasteiger partial charge in [0, 0.05) is 25.8 Å². The topological polar surface area (TPSA) is 123 Å². The number of carboxylic acid groups (broad SMARTS) is 1. The number of alkyl halides is 3. The minimum atomic E-state index is -4.78. The third kappa shape index (κ3) is 6.82. The molecule has 38 heavy (non-hydrogen) atoms. The molecule has 3 N–H and O–H groups in total. The fourth-order valence-electron chi connectivity index (χ4n) is 5.28. The molecule has 212 valence electrons. The maximum absolute atomic E-state index is 14.2. The predicted octanol–water partition coefficient (Wildman–Crippen LogP) is 5.15. The van der Waals surface area contributed by atoms with Crippen LogP contribution < -0.4 is 0 Å². The van der Waals surface area contributed by atoms with Crippen LogP contribution in [0.1, 0.15) is 58.3 Å². The first-order valence-corrected chi connectivity index (χ1v) is 12.8. The lowest BCUT2D eigenvalue weighted by Gasteiger charge is -2.39. The molecule has 9 nitrogen and oxygen atoms in total. The fraction of sp³-hybridized carbons (Fsp3) is 0.654. The zero-order chi connectivity index (χ0) is 28.2. The van der Waals surface area contributed by atoms with Crippen molar-refractivity contribution in [1.29, 1.82) is 5.41 Å². The van der Waals surface area contributed by atoms with Gasteiger partial charge in [-0.05, 0) is 57.6 Å². The van der Waals surface area contributed by atoms with E-state index < -0.39 is 54.4 Å². The van der Waals surface area contributed by atoms with Gasteiger partial charge < -0.3 is 34.9 Å². The Hall–Kier alpha value is -3.18. The van der Waals surface area contributed by atoms with Gasteiger partial charge in [-0.2, -0.15) is 13.2 Å². The summed E-state index contributed by atoms with van der Waals surface area (Å²) in [5.74, 6) is -2.68. The fourth-order valence-corrected chi connectivity index (χ4v) is 5.28. The lowest BCUT2D eigenvalue weighted by atomic mass is 9.87. The van der Waals surface area contributed by atoms with Crippen molar-refractivity contribution >= 4 is 17.8 Å². The highest BCUT2D eigenvalue weighted by Gasteiger charge is 2.49. The van der Waals surface area contributed by atoms with E-state index in [1.807, 2.05) is 0 Å². The van der Waals surface area contributed by atoms with Crippen molar-refractivity contribution in [2.75, 3.05) is 20.7 Å². The van der Waals surface area contributed by atoms with Crippen LogP contribution >= 0.6 is 0 Å². The number of nitrogens with one attached hydrogen (secondary N) is 1. The molecule has 3 atom stereocenters. The number of carbonyl (C=O) groups excluding carboxylic acids is 1. The second-order valence-corrected chi connectivity index (χ2v) is 10.2. The first-order valence-electron chi connectivity index (χ1n) is 12.8. The largest absolute Gasteiger partial charge is 0.505 e. The maximum atomic E-state index is 14.2. The molecule has 0 aromatic rings.